The minimum Gasteiger partial charge on any atom is -0.480 e. The van der Waals surface area contributed by atoms with Gasteiger partial charge in [0.25, 0.3) is 0 Å². The molecule has 1 fully saturated rings. The fourth-order valence-corrected chi connectivity index (χ4v) is 2.41. The van der Waals surface area contributed by atoms with Crippen LogP contribution in [-0.4, -0.2) is 72.1 Å². The molecule has 0 unspecified atom stereocenters. The first-order valence-corrected chi connectivity index (χ1v) is 7.19. The van der Waals surface area contributed by atoms with Crippen LogP contribution in [0.1, 0.15) is 26.7 Å². The van der Waals surface area contributed by atoms with E-state index in [1.807, 2.05) is 13.8 Å². The predicted molar refractivity (Wildman–Crippen MR) is 75.7 cm³/mol. The summed E-state index contributed by atoms with van der Waals surface area (Å²) in [6, 6.07) is -0.156. The second-order valence-corrected chi connectivity index (χ2v) is 5.35. The van der Waals surface area contributed by atoms with E-state index < -0.39 is 11.9 Å². The Bertz CT molecular complexity index is 399. The summed E-state index contributed by atoms with van der Waals surface area (Å²) in [5, 5.41) is 8.95. The summed E-state index contributed by atoms with van der Waals surface area (Å²) >= 11 is 0. The lowest BCUT2D eigenvalue weighted by molar-refractivity contribution is -0.148. The number of carboxylic acid groups (broad SMARTS) is 1. The van der Waals surface area contributed by atoms with Crippen molar-refractivity contribution in [2.24, 2.45) is 5.92 Å². The fraction of sp³-hybridized carbons (Fsp3) is 0.786. The van der Waals surface area contributed by atoms with Gasteiger partial charge < -0.3 is 19.6 Å². The molecule has 0 aromatic rings. The van der Waals surface area contributed by atoms with E-state index >= 15 is 0 Å². The van der Waals surface area contributed by atoms with Crippen LogP contribution in [0.2, 0.25) is 0 Å². The van der Waals surface area contributed by atoms with Crippen molar-refractivity contribution in [3.8, 4) is 0 Å². The van der Waals surface area contributed by atoms with Crippen LogP contribution in [0.4, 0.5) is 0 Å². The maximum Gasteiger partial charge on any atom is 0.323 e. The Hall–Kier alpha value is -1.63. The monoisotopic (exact) mass is 300 g/mol. The second kappa shape index (κ2) is 7.97. The lowest BCUT2D eigenvalue weighted by Crippen LogP contribution is -2.45. The Morgan fingerprint density at radius 2 is 2.19 bits per heavy atom. The standard InChI is InChI=1S/C14H24N2O5/c1-4-10(2)16(9-13(18)19)14(20)11-7-12(17)15(8-11)5-6-21-3/h10-11H,4-9H2,1-3H3,(H,18,19)/t10-,11+/m1/s1. The molecule has 1 N–H and O–H groups in total. The van der Waals surface area contributed by atoms with Crippen LogP contribution in [0.25, 0.3) is 0 Å². The average molecular weight is 300 g/mol. The summed E-state index contributed by atoms with van der Waals surface area (Å²) < 4.78 is 4.94. The van der Waals surface area contributed by atoms with Crippen LogP contribution in [-0.2, 0) is 19.1 Å². The molecule has 1 heterocycles. The van der Waals surface area contributed by atoms with Gasteiger partial charge >= 0.3 is 5.97 Å². The van der Waals surface area contributed by atoms with Crippen molar-refractivity contribution >= 4 is 17.8 Å². The van der Waals surface area contributed by atoms with Gasteiger partial charge in [-0.2, -0.15) is 0 Å². The summed E-state index contributed by atoms with van der Waals surface area (Å²) in [7, 11) is 1.56. The maximum absolute atomic E-state index is 12.5. The molecule has 0 aliphatic carbocycles. The highest BCUT2D eigenvalue weighted by atomic mass is 16.5. The quantitative estimate of drug-likeness (QED) is 0.691. The first-order chi connectivity index (χ1) is 9.90. The molecular formula is C14H24N2O5. The minimum atomic E-state index is -1.04. The maximum atomic E-state index is 12.5. The molecule has 1 aliphatic rings. The Labute approximate surface area is 124 Å². The van der Waals surface area contributed by atoms with Gasteiger partial charge in [0.15, 0.2) is 0 Å². The smallest absolute Gasteiger partial charge is 0.323 e. The van der Waals surface area contributed by atoms with Gasteiger partial charge in [-0.15, -0.1) is 0 Å². The van der Waals surface area contributed by atoms with Crippen molar-refractivity contribution in [1.82, 2.24) is 9.80 Å². The van der Waals surface area contributed by atoms with Gasteiger partial charge in [0, 0.05) is 32.7 Å². The molecule has 0 aromatic carbocycles. The van der Waals surface area contributed by atoms with Crippen LogP contribution >= 0.6 is 0 Å². The Kier molecular flexibility index (Phi) is 6.61. The number of carbonyl (C=O) groups excluding carboxylic acids is 2. The summed E-state index contributed by atoms with van der Waals surface area (Å²) in [5.74, 6) is -1.82. The van der Waals surface area contributed by atoms with E-state index in [2.05, 4.69) is 0 Å². The molecule has 0 saturated carbocycles. The van der Waals surface area contributed by atoms with Crippen molar-refractivity contribution in [2.45, 2.75) is 32.7 Å². The lowest BCUT2D eigenvalue weighted by Gasteiger charge is -2.29. The zero-order chi connectivity index (χ0) is 16.0. The summed E-state index contributed by atoms with van der Waals surface area (Å²) in [5.41, 5.74) is 0. The van der Waals surface area contributed by atoms with Crippen molar-refractivity contribution in [3.63, 3.8) is 0 Å². The van der Waals surface area contributed by atoms with Gasteiger partial charge in [0.1, 0.15) is 6.54 Å². The van der Waals surface area contributed by atoms with Crippen molar-refractivity contribution in [1.29, 1.82) is 0 Å². The molecule has 7 heteroatoms. The summed E-state index contributed by atoms with van der Waals surface area (Å²) in [6.45, 7) is 4.63. The number of carbonyl (C=O) groups is 3. The first-order valence-electron chi connectivity index (χ1n) is 7.19. The molecule has 2 amide bonds. The van der Waals surface area contributed by atoms with Gasteiger partial charge in [-0.25, -0.2) is 0 Å². The molecule has 1 saturated heterocycles. The molecule has 1 rings (SSSR count). The number of rotatable bonds is 8. The molecule has 2 atom stereocenters. The molecule has 1 aliphatic heterocycles. The van der Waals surface area contributed by atoms with Crippen molar-refractivity contribution in [3.05, 3.63) is 0 Å². The molecule has 0 bridgehead atoms. The van der Waals surface area contributed by atoms with Gasteiger partial charge in [-0.3, -0.25) is 14.4 Å². The number of methoxy groups -OCH3 is 1. The zero-order valence-corrected chi connectivity index (χ0v) is 12.9. The molecule has 120 valence electrons. The van der Waals surface area contributed by atoms with Gasteiger partial charge in [0.05, 0.1) is 12.5 Å². The molecule has 0 spiro atoms. The van der Waals surface area contributed by atoms with Crippen molar-refractivity contribution in [2.75, 3.05) is 33.4 Å². The third kappa shape index (κ3) is 4.70. The number of nitrogens with zero attached hydrogens (tertiary/aromatic N) is 2. The largest absolute Gasteiger partial charge is 0.480 e. The molecule has 0 radical (unpaired) electrons. The van der Waals surface area contributed by atoms with E-state index in [1.165, 1.54) is 4.90 Å². The predicted octanol–water partition coefficient (Wildman–Crippen LogP) is 0.193. The third-order valence-electron chi connectivity index (χ3n) is 3.84. The fourth-order valence-electron chi connectivity index (χ4n) is 2.41. The van der Waals surface area contributed by atoms with Gasteiger partial charge in [0.2, 0.25) is 11.8 Å². The average Bonchev–Trinajstić information content (AvgIpc) is 2.82. The second-order valence-electron chi connectivity index (χ2n) is 5.35. The van der Waals surface area contributed by atoms with Crippen LogP contribution in [0.5, 0.6) is 0 Å². The highest BCUT2D eigenvalue weighted by Crippen LogP contribution is 2.21. The number of likely N-dealkylation sites (tertiary alicyclic amines) is 1. The number of hydrogen-bond acceptors (Lipinski definition) is 4. The number of carboxylic acids is 1. The third-order valence-corrected chi connectivity index (χ3v) is 3.84. The number of ether oxygens (including phenoxy) is 1. The van der Waals surface area contributed by atoms with E-state index in [0.29, 0.717) is 26.1 Å². The molecule has 21 heavy (non-hydrogen) atoms. The number of hydrogen-bond donors (Lipinski definition) is 1. The van der Waals surface area contributed by atoms with E-state index in [0.717, 1.165) is 0 Å². The van der Waals surface area contributed by atoms with Crippen LogP contribution < -0.4 is 0 Å². The number of amides is 2. The molecule has 0 aromatic heterocycles. The number of aliphatic carboxylic acids is 1. The van der Waals surface area contributed by atoms with Crippen LogP contribution in [0.3, 0.4) is 0 Å². The highest BCUT2D eigenvalue weighted by molar-refractivity contribution is 5.90. The molecular weight excluding hydrogens is 276 g/mol. The Morgan fingerprint density at radius 3 is 2.71 bits per heavy atom. The highest BCUT2D eigenvalue weighted by Gasteiger charge is 2.37. The lowest BCUT2D eigenvalue weighted by atomic mass is 10.1. The Morgan fingerprint density at radius 1 is 1.52 bits per heavy atom. The first kappa shape index (κ1) is 17.4. The minimum absolute atomic E-state index is 0.0789. The van der Waals surface area contributed by atoms with Crippen LogP contribution in [0, 0.1) is 5.92 Å². The zero-order valence-electron chi connectivity index (χ0n) is 12.9. The van der Waals surface area contributed by atoms with Gasteiger partial charge in [-0.05, 0) is 13.3 Å². The summed E-state index contributed by atoms with van der Waals surface area (Å²) in [4.78, 5) is 38.3. The Balaban J connectivity index is 2.71. The van der Waals surface area contributed by atoms with E-state index in [1.54, 1.807) is 12.0 Å². The topological polar surface area (TPSA) is 87.2 Å². The van der Waals surface area contributed by atoms with E-state index in [9.17, 15) is 14.4 Å². The van der Waals surface area contributed by atoms with Gasteiger partial charge in [-0.1, -0.05) is 6.92 Å². The SMILES string of the molecule is CC[C@@H](C)N(CC(=O)O)C(=O)[C@H]1CC(=O)N(CCOC)C1. The van der Waals surface area contributed by atoms with Crippen molar-refractivity contribution < 1.29 is 24.2 Å². The normalized spacial score (nSPS) is 19.7. The van der Waals surface area contributed by atoms with E-state index in [4.69, 9.17) is 9.84 Å². The van der Waals surface area contributed by atoms with Crippen LogP contribution in [0.15, 0.2) is 0 Å². The summed E-state index contributed by atoms with van der Waals surface area (Å²) in [6.07, 6.45) is 0.822. The molecule has 7 nitrogen and oxygen atoms in total. The van der Waals surface area contributed by atoms with E-state index in [-0.39, 0.29) is 30.8 Å².